The average molecular weight is 228 g/mol. The molecule has 1 unspecified atom stereocenters. The van der Waals surface area contributed by atoms with Crippen LogP contribution in [0.4, 0.5) is 4.79 Å². The monoisotopic (exact) mass is 228 g/mol. The van der Waals surface area contributed by atoms with Crippen molar-refractivity contribution in [1.29, 1.82) is 0 Å². The van der Waals surface area contributed by atoms with Crippen LogP contribution in [0.3, 0.4) is 0 Å². The van der Waals surface area contributed by atoms with E-state index in [0.717, 1.165) is 19.3 Å². The van der Waals surface area contributed by atoms with Gasteiger partial charge in [0.1, 0.15) is 0 Å². The first-order chi connectivity index (χ1) is 7.59. The van der Waals surface area contributed by atoms with Crippen molar-refractivity contribution in [2.75, 3.05) is 6.61 Å². The van der Waals surface area contributed by atoms with Crippen LogP contribution in [0.25, 0.3) is 0 Å². The van der Waals surface area contributed by atoms with E-state index in [1.807, 2.05) is 0 Å². The molecule has 1 atom stereocenters. The molecular formula is C11H16O5. The Morgan fingerprint density at radius 1 is 1.44 bits per heavy atom. The van der Waals surface area contributed by atoms with E-state index in [-0.39, 0.29) is 5.57 Å². The number of esters is 1. The highest BCUT2D eigenvalue weighted by Crippen LogP contribution is 2.13. The molecule has 0 aromatic rings. The van der Waals surface area contributed by atoms with Crippen molar-refractivity contribution in [3.63, 3.8) is 0 Å². The molecule has 0 bridgehead atoms. The number of cyclic esters (lactones) is 2. The van der Waals surface area contributed by atoms with Crippen LogP contribution in [-0.4, -0.2) is 25.0 Å². The Morgan fingerprint density at radius 3 is 2.88 bits per heavy atom. The number of rotatable bonds is 2. The Bertz CT molecular complexity index is 284. The summed E-state index contributed by atoms with van der Waals surface area (Å²) in [6, 6.07) is 0. The molecule has 1 heterocycles. The molecule has 0 radical (unpaired) electrons. The Labute approximate surface area is 94.4 Å². The van der Waals surface area contributed by atoms with Crippen molar-refractivity contribution in [1.82, 2.24) is 0 Å². The van der Waals surface area contributed by atoms with Gasteiger partial charge in [-0.05, 0) is 26.2 Å². The molecule has 0 aromatic heterocycles. The predicted octanol–water partition coefficient (Wildman–Crippen LogP) is 2.16. The minimum absolute atomic E-state index is 0.275. The molecule has 0 aromatic carbocycles. The first kappa shape index (κ1) is 12.5. The Balaban J connectivity index is 2.50. The first-order valence-electron chi connectivity index (χ1n) is 5.29. The van der Waals surface area contributed by atoms with Gasteiger partial charge in [0.05, 0.1) is 6.61 Å². The van der Waals surface area contributed by atoms with Gasteiger partial charge in [-0.25, -0.2) is 9.59 Å². The average Bonchev–Trinajstić information content (AvgIpc) is 2.30. The fraction of sp³-hybridized carbons (Fsp3) is 0.636. The van der Waals surface area contributed by atoms with Gasteiger partial charge in [-0.2, -0.15) is 0 Å². The highest BCUT2D eigenvalue weighted by Gasteiger charge is 2.21. The van der Waals surface area contributed by atoms with E-state index in [9.17, 15) is 9.59 Å². The Hall–Kier alpha value is -1.52. The molecule has 0 saturated carbocycles. The second-order valence-corrected chi connectivity index (χ2v) is 3.68. The lowest BCUT2D eigenvalue weighted by Gasteiger charge is -2.16. The van der Waals surface area contributed by atoms with Crippen molar-refractivity contribution in [2.24, 2.45) is 0 Å². The van der Waals surface area contributed by atoms with Gasteiger partial charge in [0.2, 0.25) is 0 Å². The molecule has 0 N–H and O–H groups in total. The molecule has 1 aliphatic rings. The van der Waals surface area contributed by atoms with Crippen LogP contribution in [0.5, 0.6) is 0 Å². The lowest BCUT2D eigenvalue weighted by atomic mass is 10.2. The van der Waals surface area contributed by atoms with E-state index in [2.05, 4.69) is 6.58 Å². The van der Waals surface area contributed by atoms with Gasteiger partial charge in [0.15, 0.2) is 0 Å². The highest BCUT2D eigenvalue weighted by molar-refractivity contribution is 5.87. The van der Waals surface area contributed by atoms with Crippen LogP contribution in [0.2, 0.25) is 0 Å². The summed E-state index contributed by atoms with van der Waals surface area (Å²) in [5, 5.41) is 0. The largest absolute Gasteiger partial charge is 0.511 e. The predicted molar refractivity (Wildman–Crippen MR) is 55.6 cm³/mol. The second kappa shape index (κ2) is 6.15. The van der Waals surface area contributed by atoms with Crippen LogP contribution < -0.4 is 0 Å². The molecule has 1 aliphatic heterocycles. The van der Waals surface area contributed by atoms with Gasteiger partial charge in [0, 0.05) is 12.0 Å². The number of carbonyl (C=O) groups excluding carboxylic acids is 2. The molecule has 0 spiro atoms. The summed E-state index contributed by atoms with van der Waals surface area (Å²) in [6.07, 6.45) is 1.38. The fourth-order valence-corrected chi connectivity index (χ4v) is 1.25. The SMILES string of the molecule is C=C(C)C(=O)OC1CCCCCOC(=O)O1. The van der Waals surface area contributed by atoms with Gasteiger partial charge >= 0.3 is 12.1 Å². The zero-order chi connectivity index (χ0) is 12.0. The highest BCUT2D eigenvalue weighted by atomic mass is 16.8. The zero-order valence-corrected chi connectivity index (χ0v) is 9.36. The van der Waals surface area contributed by atoms with E-state index in [0.29, 0.717) is 13.0 Å². The van der Waals surface area contributed by atoms with Crippen molar-refractivity contribution in [2.45, 2.75) is 38.9 Å². The summed E-state index contributed by atoms with van der Waals surface area (Å²) >= 11 is 0. The second-order valence-electron chi connectivity index (χ2n) is 3.68. The van der Waals surface area contributed by atoms with E-state index in [4.69, 9.17) is 14.2 Å². The Morgan fingerprint density at radius 2 is 2.19 bits per heavy atom. The van der Waals surface area contributed by atoms with Gasteiger partial charge < -0.3 is 14.2 Å². The lowest BCUT2D eigenvalue weighted by molar-refractivity contribution is -0.167. The quantitative estimate of drug-likeness (QED) is 0.535. The van der Waals surface area contributed by atoms with Crippen molar-refractivity contribution >= 4 is 12.1 Å². The molecule has 0 amide bonds. The van der Waals surface area contributed by atoms with E-state index in [1.54, 1.807) is 0 Å². The molecule has 1 fully saturated rings. The minimum Gasteiger partial charge on any atom is -0.434 e. The summed E-state index contributed by atoms with van der Waals surface area (Å²) in [5.41, 5.74) is 0.275. The molecular weight excluding hydrogens is 212 g/mol. The number of hydrogen-bond donors (Lipinski definition) is 0. The van der Waals surface area contributed by atoms with Crippen LogP contribution in [-0.2, 0) is 19.0 Å². The normalized spacial score (nSPS) is 21.8. The Kier molecular flexibility index (Phi) is 4.82. The molecule has 5 heteroatoms. The maximum Gasteiger partial charge on any atom is 0.511 e. The standard InChI is InChI=1S/C11H16O5/c1-8(2)10(12)15-9-6-4-3-5-7-14-11(13)16-9/h9H,1,3-7H2,2H3. The minimum atomic E-state index is -0.866. The third kappa shape index (κ3) is 4.33. The maximum atomic E-state index is 11.2. The summed E-state index contributed by atoms with van der Waals surface area (Å²) in [5.74, 6) is -0.558. The summed E-state index contributed by atoms with van der Waals surface area (Å²) in [7, 11) is 0. The molecule has 16 heavy (non-hydrogen) atoms. The lowest BCUT2D eigenvalue weighted by Crippen LogP contribution is -2.24. The third-order valence-corrected chi connectivity index (χ3v) is 2.12. The molecule has 90 valence electrons. The van der Waals surface area contributed by atoms with Crippen molar-refractivity contribution in [3.8, 4) is 0 Å². The van der Waals surface area contributed by atoms with Gasteiger partial charge in [-0.15, -0.1) is 0 Å². The smallest absolute Gasteiger partial charge is 0.434 e. The fourth-order valence-electron chi connectivity index (χ4n) is 1.25. The van der Waals surface area contributed by atoms with Crippen molar-refractivity contribution < 1.29 is 23.8 Å². The molecule has 0 aliphatic carbocycles. The van der Waals surface area contributed by atoms with Crippen molar-refractivity contribution in [3.05, 3.63) is 12.2 Å². The summed E-state index contributed by atoms with van der Waals surface area (Å²) in [6.45, 7) is 5.34. The van der Waals surface area contributed by atoms with Crippen LogP contribution >= 0.6 is 0 Å². The van der Waals surface area contributed by atoms with E-state index < -0.39 is 18.4 Å². The van der Waals surface area contributed by atoms with Crippen LogP contribution in [0, 0.1) is 0 Å². The number of carbonyl (C=O) groups is 2. The third-order valence-electron chi connectivity index (χ3n) is 2.12. The summed E-state index contributed by atoms with van der Waals surface area (Å²) < 4.78 is 14.6. The maximum absolute atomic E-state index is 11.2. The first-order valence-corrected chi connectivity index (χ1v) is 5.29. The number of ether oxygens (including phenoxy) is 3. The van der Waals surface area contributed by atoms with E-state index >= 15 is 0 Å². The van der Waals surface area contributed by atoms with Gasteiger partial charge in [-0.3, -0.25) is 0 Å². The zero-order valence-electron chi connectivity index (χ0n) is 9.36. The number of hydrogen-bond acceptors (Lipinski definition) is 5. The van der Waals surface area contributed by atoms with Crippen LogP contribution in [0.1, 0.15) is 32.6 Å². The molecule has 5 nitrogen and oxygen atoms in total. The molecule has 1 rings (SSSR count). The van der Waals surface area contributed by atoms with Crippen LogP contribution in [0.15, 0.2) is 12.2 Å². The van der Waals surface area contributed by atoms with Gasteiger partial charge in [0.25, 0.3) is 6.29 Å². The molecule has 1 saturated heterocycles. The summed E-state index contributed by atoms with van der Waals surface area (Å²) in [4.78, 5) is 22.3. The van der Waals surface area contributed by atoms with Gasteiger partial charge in [-0.1, -0.05) is 6.58 Å². The van der Waals surface area contributed by atoms with E-state index in [1.165, 1.54) is 6.92 Å². The topological polar surface area (TPSA) is 61.8 Å².